The minimum atomic E-state index is -0.718. The summed E-state index contributed by atoms with van der Waals surface area (Å²) in [5, 5.41) is 6.23. The number of thiophene rings is 1. The van der Waals surface area contributed by atoms with Gasteiger partial charge in [0.1, 0.15) is 11.4 Å². The van der Waals surface area contributed by atoms with E-state index in [1.165, 1.54) is 11.3 Å². The van der Waals surface area contributed by atoms with Crippen LogP contribution in [-0.2, 0) is 14.3 Å². The zero-order valence-electron chi connectivity index (χ0n) is 15.0. The number of benzene rings is 2. The molecule has 2 amide bonds. The Hall–Kier alpha value is -2.90. The topological polar surface area (TPSA) is 84.5 Å². The average molecular weight is 417 g/mol. The van der Waals surface area contributed by atoms with Crippen molar-refractivity contribution in [3.63, 3.8) is 0 Å². The Bertz CT molecular complexity index is 1050. The van der Waals surface area contributed by atoms with Crippen LogP contribution < -0.4 is 10.6 Å². The lowest BCUT2D eigenvalue weighted by Gasteiger charge is -2.08. The van der Waals surface area contributed by atoms with Gasteiger partial charge < -0.3 is 15.4 Å². The van der Waals surface area contributed by atoms with Crippen molar-refractivity contribution in [1.82, 2.24) is 5.32 Å². The van der Waals surface area contributed by atoms with Crippen LogP contribution >= 0.6 is 22.9 Å². The van der Waals surface area contributed by atoms with Gasteiger partial charge in [0, 0.05) is 15.8 Å². The fourth-order valence-corrected chi connectivity index (χ4v) is 3.94. The van der Waals surface area contributed by atoms with E-state index in [2.05, 4.69) is 10.6 Å². The number of amides is 2. The Morgan fingerprint density at radius 2 is 1.89 bits per heavy atom. The molecule has 8 heteroatoms. The van der Waals surface area contributed by atoms with Gasteiger partial charge in [-0.15, -0.1) is 11.3 Å². The number of esters is 1. The monoisotopic (exact) mass is 416 g/mol. The number of nitrogens with one attached hydrogen (secondary N) is 2. The summed E-state index contributed by atoms with van der Waals surface area (Å²) < 4.78 is 5.77. The largest absolute Gasteiger partial charge is 0.454 e. The first-order valence-corrected chi connectivity index (χ1v) is 9.61. The SMILES string of the molecule is Cc1cccc(NC(=O)COC(=O)CNC(=O)c2sc3ccccc3c2Cl)c1. The van der Waals surface area contributed by atoms with E-state index >= 15 is 0 Å². The molecule has 0 fully saturated rings. The maximum atomic E-state index is 12.3. The first-order valence-electron chi connectivity index (χ1n) is 8.41. The number of anilines is 1. The fourth-order valence-electron chi connectivity index (χ4n) is 2.51. The third kappa shape index (κ3) is 4.88. The third-order valence-electron chi connectivity index (χ3n) is 3.80. The highest BCUT2D eigenvalue weighted by Crippen LogP contribution is 2.34. The zero-order valence-corrected chi connectivity index (χ0v) is 16.5. The van der Waals surface area contributed by atoms with Crippen molar-refractivity contribution < 1.29 is 19.1 Å². The summed E-state index contributed by atoms with van der Waals surface area (Å²) in [6, 6.07) is 14.6. The molecule has 2 aromatic carbocycles. The first-order chi connectivity index (χ1) is 13.4. The molecular weight excluding hydrogens is 400 g/mol. The minimum absolute atomic E-state index is 0.327. The third-order valence-corrected chi connectivity index (χ3v) is 5.47. The summed E-state index contributed by atoms with van der Waals surface area (Å²) >= 11 is 7.48. The van der Waals surface area contributed by atoms with Gasteiger partial charge in [0.15, 0.2) is 6.61 Å². The fraction of sp³-hybridized carbons (Fsp3) is 0.150. The molecule has 0 radical (unpaired) electrons. The van der Waals surface area contributed by atoms with E-state index in [0.29, 0.717) is 15.6 Å². The van der Waals surface area contributed by atoms with E-state index in [0.717, 1.165) is 15.6 Å². The normalized spacial score (nSPS) is 10.5. The lowest BCUT2D eigenvalue weighted by molar-refractivity contribution is -0.146. The number of ether oxygens (including phenoxy) is 1. The standard InChI is InChI=1S/C20H17ClN2O4S/c1-12-5-4-6-13(9-12)23-16(24)11-27-17(25)10-22-20(26)19-18(21)14-7-2-3-8-15(14)28-19/h2-9H,10-11H2,1H3,(H,22,26)(H,23,24). The molecule has 3 rings (SSSR count). The quantitative estimate of drug-likeness (QED) is 0.599. The predicted molar refractivity (Wildman–Crippen MR) is 110 cm³/mol. The van der Waals surface area contributed by atoms with Crippen molar-refractivity contribution in [3.05, 3.63) is 64.0 Å². The van der Waals surface area contributed by atoms with Crippen LogP contribution in [0.5, 0.6) is 0 Å². The lowest BCUT2D eigenvalue weighted by Crippen LogP contribution is -2.32. The molecule has 6 nitrogen and oxygen atoms in total. The summed E-state index contributed by atoms with van der Waals surface area (Å²) in [4.78, 5) is 36.2. The first kappa shape index (κ1) is 19.9. The molecule has 2 N–H and O–H groups in total. The van der Waals surface area contributed by atoms with Gasteiger partial charge in [-0.3, -0.25) is 14.4 Å². The van der Waals surface area contributed by atoms with Gasteiger partial charge >= 0.3 is 5.97 Å². The highest BCUT2D eigenvalue weighted by atomic mass is 35.5. The average Bonchev–Trinajstić information content (AvgIpc) is 3.01. The number of hydrogen-bond donors (Lipinski definition) is 2. The van der Waals surface area contributed by atoms with Gasteiger partial charge in [-0.05, 0) is 30.7 Å². The van der Waals surface area contributed by atoms with Crippen LogP contribution in [0.3, 0.4) is 0 Å². The van der Waals surface area contributed by atoms with Gasteiger partial charge in [-0.1, -0.05) is 41.9 Å². The Kier molecular flexibility index (Phi) is 6.28. The summed E-state index contributed by atoms with van der Waals surface area (Å²) in [5.74, 6) is -1.64. The van der Waals surface area contributed by atoms with E-state index in [1.807, 2.05) is 43.3 Å². The van der Waals surface area contributed by atoms with Gasteiger partial charge in [-0.25, -0.2) is 0 Å². The number of rotatable bonds is 6. The number of carbonyl (C=O) groups is 3. The molecule has 28 heavy (non-hydrogen) atoms. The van der Waals surface area contributed by atoms with E-state index in [9.17, 15) is 14.4 Å². The molecule has 0 unspecified atom stereocenters. The van der Waals surface area contributed by atoms with Crippen molar-refractivity contribution >= 4 is 56.5 Å². The molecule has 0 saturated carbocycles. The van der Waals surface area contributed by atoms with Crippen molar-refractivity contribution in [2.75, 3.05) is 18.5 Å². The molecule has 3 aromatic rings. The molecule has 144 valence electrons. The summed E-state index contributed by atoms with van der Waals surface area (Å²) in [5.41, 5.74) is 1.62. The molecule has 0 aliphatic rings. The van der Waals surface area contributed by atoms with Crippen molar-refractivity contribution in [2.45, 2.75) is 6.92 Å². The highest BCUT2D eigenvalue weighted by Gasteiger charge is 2.18. The summed E-state index contributed by atoms with van der Waals surface area (Å²) in [6.45, 7) is 1.11. The maximum absolute atomic E-state index is 12.3. The number of fused-ring (bicyclic) bond motifs is 1. The van der Waals surface area contributed by atoms with E-state index in [1.54, 1.807) is 12.1 Å². The van der Waals surface area contributed by atoms with Crippen molar-refractivity contribution in [2.24, 2.45) is 0 Å². The molecule has 0 aliphatic heterocycles. The smallest absolute Gasteiger partial charge is 0.325 e. The maximum Gasteiger partial charge on any atom is 0.325 e. The number of aryl methyl sites for hydroxylation is 1. The van der Waals surface area contributed by atoms with Gasteiger partial charge in [0.05, 0.1) is 5.02 Å². The molecule has 0 saturated heterocycles. The van der Waals surface area contributed by atoms with E-state index in [4.69, 9.17) is 16.3 Å². The molecule has 1 aromatic heterocycles. The Morgan fingerprint density at radius 1 is 1.11 bits per heavy atom. The Morgan fingerprint density at radius 3 is 2.64 bits per heavy atom. The van der Waals surface area contributed by atoms with Crippen LogP contribution in [0.1, 0.15) is 15.2 Å². The van der Waals surface area contributed by atoms with Gasteiger partial charge in [0.2, 0.25) is 0 Å². The Balaban J connectivity index is 1.47. The van der Waals surface area contributed by atoms with Gasteiger partial charge in [-0.2, -0.15) is 0 Å². The van der Waals surface area contributed by atoms with Crippen molar-refractivity contribution in [1.29, 1.82) is 0 Å². The zero-order chi connectivity index (χ0) is 20.1. The van der Waals surface area contributed by atoms with Crippen LogP contribution in [0.4, 0.5) is 5.69 Å². The molecule has 0 atom stereocenters. The van der Waals surface area contributed by atoms with E-state index in [-0.39, 0.29) is 6.54 Å². The predicted octanol–water partition coefficient (Wildman–Crippen LogP) is 3.77. The van der Waals surface area contributed by atoms with Crippen LogP contribution in [0.15, 0.2) is 48.5 Å². The van der Waals surface area contributed by atoms with Crippen LogP contribution in [0.25, 0.3) is 10.1 Å². The Labute approximate surface area is 170 Å². The van der Waals surface area contributed by atoms with Crippen LogP contribution in [-0.4, -0.2) is 30.9 Å². The second-order valence-corrected chi connectivity index (χ2v) is 7.43. The highest BCUT2D eigenvalue weighted by molar-refractivity contribution is 7.21. The van der Waals surface area contributed by atoms with Crippen LogP contribution in [0.2, 0.25) is 5.02 Å². The summed E-state index contributed by atoms with van der Waals surface area (Å²) in [6.07, 6.45) is 0. The molecule has 1 heterocycles. The molecular formula is C20H17ClN2O4S. The van der Waals surface area contributed by atoms with Gasteiger partial charge in [0.25, 0.3) is 11.8 Å². The molecule has 0 bridgehead atoms. The molecule has 0 spiro atoms. The minimum Gasteiger partial charge on any atom is -0.454 e. The number of halogens is 1. The second kappa shape index (κ2) is 8.86. The molecule has 0 aliphatic carbocycles. The summed E-state index contributed by atoms with van der Waals surface area (Å²) in [7, 11) is 0. The second-order valence-electron chi connectivity index (χ2n) is 6.00. The number of carbonyl (C=O) groups excluding carboxylic acids is 3. The lowest BCUT2D eigenvalue weighted by atomic mass is 10.2. The van der Waals surface area contributed by atoms with Crippen molar-refractivity contribution in [3.8, 4) is 0 Å². The van der Waals surface area contributed by atoms with E-state index < -0.39 is 24.4 Å². The van der Waals surface area contributed by atoms with Crippen LogP contribution in [0, 0.1) is 6.92 Å². The number of hydrogen-bond acceptors (Lipinski definition) is 5.